The maximum Gasteiger partial charge on any atom is 0.299 e. The Labute approximate surface area is 107 Å². The molecule has 96 valence electrons. The average Bonchev–Trinajstić information content (AvgIpc) is 2.21. The largest absolute Gasteiger partial charge is 0.397 e. The second-order valence-electron chi connectivity index (χ2n) is 4.05. The summed E-state index contributed by atoms with van der Waals surface area (Å²) >= 11 is 5.86. The van der Waals surface area contributed by atoms with E-state index in [4.69, 9.17) is 17.3 Å². The summed E-state index contributed by atoms with van der Waals surface area (Å²) in [6, 6.07) is 4.79. The van der Waals surface area contributed by atoms with Crippen LogP contribution in [-0.4, -0.2) is 15.0 Å². The van der Waals surface area contributed by atoms with Crippen molar-refractivity contribution in [1.29, 1.82) is 0 Å². The van der Waals surface area contributed by atoms with Crippen molar-refractivity contribution in [2.75, 3.05) is 17.0 Å². The van der Waals surface area contributed by atoms with Crippen molar-refractivity contribution in [2.24, 2.45) is 5.92 Å². The molecule has 0 radical (unpaired) electrons. The molecule has 0 atom stereocenters. The van der Waals surface area contributed by atoms with Crippen molar-refractivity contribution in [1.82, 2.24) is 4.72 Å². The predicted molar refractivity (Wildman–Crippen MR) is 71.2 cm³/mol. The predicted octanol–water partition coefficient (Wildman–Crippen LogP) is 1.82. The van der Waals surface area contributed by atoms with E-state index in [0.29, 0.717) is 6.54 Å². The molecule has 0 heterocycles. The molecule has 0 saturated carbocycles. The third-order valence-corrected chi connectivity index (χ3v) is 3.30. The van der Waals surface area contributed by atoms with E-state index in [-0.39, 0.29) is 22.3 Å². The van der Waals surface area contributed by atoms with Gasteiger partial charge in [0.15, 0.2) is 0 Å². The minimum atomic E-state index is -3.64. The molecule has 0 unspecified atom stereocenters. The quantitative estimate of drug-likeness (QED) is 0.718. The van der Waals surface area contributed by atoms with Crippen LogP contribution in [0, 0.1) is 5.92 Å². The van der Waals surface area contributed by atoms with Gasteiger partial charge in [-0.15, -0.1) is 0 Å². The molecule has 1 aromatic rings. The van der Waals surface area contributed by atoms with Gasteiger partial charge in [0.1, 0.15) is 0 Å². The first-order valence-electron chi connectivity index (χ1n) is 5.13. The Morgan fingerprint density at radius 3 is 2.59 bits per heavy atom. The molecule has 0 aliphatic rings. The van der Waals surface area contributed by atoms with Crippen LogP contribution in [0.4, 0.5) is 11.4 Å². The number of nitrogens with one attached hydrogen (secondary N) is 2. The van der Waals surface area contributed by atoms with Crippen molar-refractivity contribution in [3.8, 4) is 0 Å². The molecule has 0 saturated heterocycles. The van der Waals surface area contributed by atoms with Crippen molar-refractivity contribution < 1.29 is 8.42 Å². The maximum atomic E-state index is 11.7. The van der Waals surface area contributed by atoms with E-state index in [1.54, 1.807) is 18.2 Å². The van der Waals surface area contributed by atoms with Crippen molar-refractivity contribution in [3.63, 3.8) is 0 Å². The minimum Gasteiger partial charge on any atom is -0.397 e. The molecule has 5 nitrogen and oxygen atoms in total. The van der Waals surface area contributed by atoms with Crippen LogP contribution in [0.5, 0.6) is 0 Å². The molecular weight excluding hydrogens is 262 g/mol. The first-order chi connectivity index (χ1) is 7.82. The van der Waals surface area contributed by atoms with Gasteiger partial charge in [0.2, 0.25) is 0 Å². The zero-order valence-electron chi connectivity index (χ0n) is 9.70. The van der Waals surface area contributed by atoms with Crippen LogP contribution in [0.3, 0.4) is 0 Å². The van der Waals surface area contributed by atoms with Gasteiger partial charge in [0.25, 0.3) is 10.2 Å². The minimum absolute atomic E-state index is 0.199. The second kappa shape index (κ2) is 5.57. The summed E-state index contributed by atoms with van der Waals surface area (Å²) in [5.74, 6) is 0.218. The molecule has 7 heteroatoms. The molecule has 0 aliphatic carbocycles. The van der Waals surface area contributed by atoms with Crippen LogP contribution in [0.15, 0.2) is 18.2 Å². The fraction of sp³-hybridized carbons (Fsp3) is 0.400. The van der Waals surface area contributed by atoms with Gasteiger partial charge in [-0.1, -0.05) is 31.5 Å². The van der Waals surface area contributed by atoms with Gasteiger partial charge in [-0.05, 0) is 18.1 Å². The number of nitrogens with two attached hydrogens (primary N) is 1. The van der Waals surface area contributed by atoms with Crippen molar-refractivity contribution in [3.05, 3.63) is 23.2 Å². The number of hydrogen-bond acceptors (Lipinski definition) is 3. The van der Waals surface area contributed by atoms with Gasteiger partial charge in [0.05, 0.1) is 16.4 Å². The van der Waals surface area contributed by atoms with Gasteiger partial charge in [-0.25, -0.2) is 0 Å². The highest BCUT2D eigenvalue weighted by Gasteiger charge is 2.14. The van der Waals surface area contributed by atoms with Crippen LogP contribution < -0.4 is 15.2 Å². The Kier molecular flexibility index (Phi) is 4.62. The summed E-state index contributed by atoms with van der Waals surface area (Å²) in [5.41, 5.74) is 6.13. The number of halogens is 1. The molecule has 1 rings (SSSR count). The standard InChI is InChI=1S/C10H16ClN3O2S/c1-7(2)6-13-17(15,16)14-10-8(11)4-3-5-9(10)12/h3-5,7,13-14H,6,12H2,1-2H3. The molecule has 0 spiro atoms. The van der Waals surface area contributed by atoms with Crippen LogP contribution in [0.2, 0.25) is 5.02 Å². The number of rotatable bonds is 5. The Bertz CT molecular complexity index is 468. The van der Waals surface area contributed by atoms with Gasteiger partial charge in [-0.2, -0.15) is 13.1 Å². The highest BCUT2D eigenvalue weighted by atomic mass is 35.5. The van der Waals surface area contributed by atoms with Gasteiger partial charge in [-0.3, -0.25) is 4.72 Å². The van der Waals surface area contributed by atoms with Crippen LogP contribution in [0.1, 0.15) is 13.8 Å². The summed E-state index contributed by atoms with van der Waals surface area (Å²) in [5, 5.41) is 0.264. The lowest BCUT2D eigenvalue weighted by Crippen LogP contribution is -2.33. The number of anilines is 2. The van der Waals surface area contributed by atoms with Crippen molar-refractivity contribution >= 4 is 33.2 Å². The molecule has 0 fully saturated rings. The Morgan fingerprint density at radius 2 is 2.06 bits per heavy atom. The lowest BCUT2D eigenvalue weighted by molar-refractivity contribution is 0.565. The van der Waals surface area contributed by atoms with E-state index in [2.05, 4.69) is 9.44 Å². The molecule has 17 heavy (non-hydrogen) atoms. The van der Waals surface area contributed by atoms with Crippen LogP contribution in [-0.2, 0) is 10.2 Å². The zero-order valence-corrected chi connectivity index (χ0v) is 11.3. The fourth-order valence-electron chi connectivity index (χ4n) is 1.10. The summed E-state index contributed by atoms with van der Waals surface area (Å²) < 4.78 is 28.1. The first-order valence-corrected chi connectivity index (χ1v) is 6.99. The molecule has 0 aromatic heterocycles. The smallest absolute Gasteiger partial charge is 0.299 e. The van der Waals surface area contributed by atoms with Gasteiger partial charge >= 0.3 is 0 Å². The molecule has 1 aromatic carbocycles. The van der Waals surface area contributed by atoms with Gasteiger partial charge < -0.3 is 5.73 Å². The Balaban J connectivity index is 2.83. The number of para-hydroxylation sites is 1. The molecule has 0 amide bonds. The second-order valence-corrected chi connectivity index (χ2v) is 5.96. The Morgan fingerprint density at radius 1 is 1.41 bits per heavy atom. The maximum absolute atomic E-state index is 11.7. The van der Waals surface area contributed by atoms with E-state index < -0.39 is 10.2 Å². The average molecular weight is 278 g/mol. The SMILES string of the molecule is CC(C)CNS(=O)(=O)Nc1c(N)cccc1Cl. The molecular formula is C10H16ClN3O2S. The fourth-order valence-corrected chi connectivity index (χ4v) is 2.50. The van der Waals surface area contributed by atoms with E-state index in [1.165, 1.54) is 0 Å². The van der Waals surface area contributed by atoms with E-state index in [0.717, 1.165) is 0 Å². The van der Waals surface area contributed by atoms with Crippen LogP contribution in [0.25, 0.3) is 0 Å². The van der Waals surface area contributed by atoms with E-state index in [1.807, 2.05) is 13.8 Å². The highest BCUT2D eigenvalue weighted by Crippen LogP contribution is 2.28. The van der Waals surface area contributed by atoms with E-state index in [9.17, 15) is 8.42 Å². The third kappa shape index (κ3) is 4.41. The normalized spacial score (nSPS) is 11.8. The lowest BCUT2D eigenvalue weighted by Gasteiger charge is -2.13. The van der Waals surface area contributed by atoms with Crippen molar-refractivity contribution in [2.45, 2.75) is 13.8 Å². The topological polar surface area (TPSA) is 84.2 Å². The number of nitrogen functional groups attached to an aromatic ring is 1. The third-order valence-electron chi connectivity index (χ3n) is 1.96. The summed E-state index contributed by atoms with van der Waals surface area (Å²) in [6.07, 6.45) is 0. The summed E-state index contributed by atoms with van der Waals surface area (Å²) in [4.78, 5) is 0. The summed E-state index contributed by atoms with van der Waals surface area (Å²) in [7, 11) is -3.64. The summed E-state index contributed by atoms with van der Waals surface area (Å²) in [6.45, 7) is 4.17. The van der Waals surface area contributed by atoms with Crippen LogP contribution >= 0.6 is 11.6 Å². The zero-order chi connectivity index (χ0) is 13.1. The first kappa shape index (κ1) is 14.1. The highest BCUT2D eigenvalue weighted by molar-refractivity contribution is 7.90. The monoisotopic (exact) mass is 277 g/mol. The molecule has 0 aliphatic heterocycles. The number of benzene rings is 1. The molecule has 4 N–H and O–H groups in total. The Hall–Kier alpha value is -0.980. The molecule has 0 bridgehead atoms. The number of hydrogen-bond donors (Lipinski definition) is 3. The lowest BCUT2D eigenvalue weighted by atomic mass is 10.2. The van der Waals surface area contributed by atoms with E-state index >= 15 is 0 Å². The van der Waals surface area contributed by atoms with Gasteiger partial charge in [0, 0.05) is 6.54 Å².